The minimum absolute atomic E-state index is 0.0387. The van der Waals surface area contributed by atoms with Gasteiger partial charge in [0.15, 0.2) is 0 Å². The van der Waals surface area contributed by atoms with E-state index < -0.39 is 15.8 Å². The van der Waals surface area contributed by atoms with E-state index in [0.29, 0.717) is 12.5 Å². The van der Waals surface area contributed by atoms with Crippen molar-refractivity contribution in [1.82, 2.24) is 9.21 Å². The second-order valence-corrected chi connectivity index (χ2v) is 7.76. The number of nitrogens with zero attached hydrogens (tertiary/aromatic N) is 2. The molecule has 2 rings (SSSR count). The van der Waals surface area contributed by atoms with E-state index in [1.165, 1.54) is 16.4 Å². The minimum Gasteiger partial charge on any atom is -0.396 e. The predicted octanol–water partition coefficient (Wildman–Crippen LogP) is 1.37. The van der Waals surface area contributed by atoms with E-state index in [-0.39, 0.29) is 10.6 Å². The van der Waals surface area contributed by atoms with Crippen molar-refractivity contribution in [3.8, 4) is 0 Å². The van der Waals surface area contributed by atoms with Gasteiger partial charge in [0.1, 0.15) is 5.82 Å². The van der Waals surface area contributed by atoms with E-state index >= 15 is 0 Å². The molecule has 7 heteroatoms. The smallest absolute Gasteiger partial charge is 0.242 e. The van der Waals surface area contributed by atoms with Crippen LogP contribution in [0.4, 0.5) is 10.1 Å². The van der Waals surface area contributed by atoms with E-state index in [1.54, 1.807) is 7.05 Å². The van der Waals surface area contributed by atoms with Crippen molar-refractivity contribution in [3.63, 3.8) is 0 Å². The molecule has 1 aromatic rings. The minimum atomic E-state index is -3.62. The van der Waals surface area contributed by atoms with E-state index in [4.69, 9.17) is 5.73 Å². The maximum Gasteiger partial charge on any atom is 0.242 e. The van der Waals surface area contributed by atoms with Crippen LogP contribution in [0.5, 0.6) is 0 Å². The average molecular weight is 315 g/mol. The Morgan fingerprint density at radius 3 is 2.57 bits per heavy atom. The van der Waals surface area contributed by atoms with Crippen LogP contribution >= 0.6 is 0 Å². The van der Waals surface area contributed by atoms with E-state index in [2.05, 4.69) is 11.9 Å². The van der Waals surface area contributed by atoms with Gasteiger partial charge in [0.25, 0.3) is 0 Å². The molecule has 2 N–H and O–H groups in total. The summed E-state index contributed by atoms with van der Waals surface area (Å²) in [6.07, 6.45) is 1.98. The Bertz CT molecular complexity index is 598. The monoisotopic (exact) mass is 315 g/mol. The first-order valence-corrected chi connectivity index (χ1v) is 8.44. The number of sulfonamides is 1. The van der Waals surface area contributed by atoms with Crippen LogP contribution in [0, 0.1) is 11.7 Å². The van der Waals surface area contributed by atoms with Crippen LogP contribution in [-0.2, 0) is 10.0 Å². The lowest BCUT2D eigenvalue weighted by atomic mass is 9.97. The number of rotatable bonds is 4. The Labute approximate surface area is 125 Å². The quantitative estimate of drug-likeness (QED) is 0.852. The number of nitrogens with two attached hydrogens (primary N) is 1. The van der Waals surface area contributed by atoms with Gasteiger partial charge in [0.2, 0.25) is 10.0 Å². The Kier molecular flexibility index (Phi) is 4.85. The van der Waals surface area contributed by atoms with Crippen LogP contribution < -0.4 is 5.73 Å². The normalized spacial score (nSPS) is 18.3. The highest BCUT2D eigenvalue weighted by Crippen LogP contribution is 2.23. The zero-order valence-corrected chi connectivity index (χ0v) is 13.2. The van der Waals surface area contributed by atoms with Crippen molar-refractivity contribution < 1.29 is 12.8 Å². The molecule has 0 atom stereocenters. The molecule has 0 saturated carbocycles. The van der Waals surface area contributed by atoms with Crippen molar-refractivity contribution in [3.05, 3.63) is 24.0 Å². The van der Waals surface area contributed by atoms with Gasteiger partial charge >= 0.3 is 0 Å². The summed E-state index contributed by atoms with van der Waals surface area (Å²) in [6, 6.07) is 3.52. The number of hydrogen-bond donors (Lipinski definition) is 1. The first kappa shape index (κ1) is 16.2. The molecule has 1 heterocycles. The maximum atomic E-state index is 13.2. The first-order valence-electron chi connectivity index (χ1n) is 7.00. The average Bonchev–Trinajstić information content (AvgIpc) is 2.44. The van der Waals surface area contributed by atoms with Gasteiger partial charge in [-0.05, 0) is 57.1 Å². The fraction of sp³-hybridized carbons (Fsp3) is 0.571. The SMILES string of the molecule is CN1CCC(CN(C)S(=O)(=O)c2ccc(F)c(N)c2)CC1. The van der Waals surface area contributed by atoms with Crippen LogP contribution in [0.25, 0.3) is 0 Å². The molecule has 0 spiro atoms. The number of benzene rings is 1. The highest BCUT2D eigenvalue weighted by Gasteiger charge is 2.26. The molecule has 0 aromatic heterocycles. The summed E-state index contributed by atoms with van der Waals surface area (Å²) in [5.74, 6) is -0.245. The predicted molar refractivity (Wildman–Crippen MR) is 80.8 cm³/mol. The summed E-state index contributed by atoms with van der Waals surface area (Å²) < 4.78 is 39.4. The molecule has 118 valence electrons. The lowest BCUT2D eigenvalue weighted by Crippen LogP contribution is -2.37. The largest absolute Gasteiger partial charge is 0.396 e. The molecule has 1 fully saturated rings. The topological polar surface area (TPSA) is 66.6 Å². The Morgan fingerprint density at radius 2 is 2.00 bits per heavy atom. The molecule has 21 heavy (non-hydrogen) atoms. The van der Waals surface area contributed by atoms with Crippen molar-refractivity contribution in [2.24, 2.45) is 5.92 Å². The van der Waals surface area contributed by atoms with Crippen molar-refractivity contribution >= 4 is 15.7 Å². The van der Waals surface area contributed by atoms with Gasteiger partial charge in [-0.3, -0.25) is 0 Å². The molecule has 1 aliphatic heterocycles. The molecule has 1 aliphatic rings. The van der Waals surface area contributed by atoms with Gasteiger partial charge in [-0.2, -0.15) is 0 Å². The van der Waals surface area contributed by atoms with Crippen LogP contribution in [0.2, 0.25) is 0 Å². The number of halogens is 1. The Morgan fingerprint density at radius 1 is 1.38 bits per heavy atom. The van der Waals surface area contributed by atoms with Gasteiger partial charge in [0, 0.05) is 13.6 Å². The number of piperidine rings is 1. The molecular weight excluding hydrogens is 293 g/mol. The Hall–Kier alpha value is -1.18. The lowest BCUT2D eigenvalue weighted by Gasteiger charge is -2.31. The van der Waals surface area contributed by atoms with E-state index in [9.17, 15) is 12.8 Å². The van der Waals surface area contributed by atoms with Crippen LogP contribution in [-0.4, -0.2) is 51.4 Å². The van der Waals surface area contributed by atoms with E-state index in [1.807, 2.05) is 0 Å². The molecule has 1 aromatic carbocycles. The summed E-state index contributed by atoms with van der Waals surface area (Å²) in [5.41, 5.74) is 5.30. The van der Waals surface area contributed by atoms with Crippen LogP contribution in [0.1, 0.15) is 12.8 Å². The molecule has 0 bridgehead atoms. The Balaban J connectivity index is 2.09. The summed E-state index contributed by atoms with van der Waals surface area (Å²) in [4.78, 5) is 2.28. The third-order valence-corrected chi connectivity index (χ3v) is 5.85. The summed E-state index contributed by atoms with van der Waals surface area (Å²) in [6.45, 7) is 2.46. The van der Waals surface area contributed by atoms with Gasteiger partial charge < -0.3 is 10.6 Å². The second kappa shape index (κ2) is 6.29. The van der Waals surface area contributed by atoms with Crippen molar-refractivity contribution in [2.45, 2.75) is 17.7 Å². The zero-order valence-electron chi connectivity index (χ0n) is 12.4. The van der Waals surface area contributed by atoms with Gasteiger partial charge in [-0.15, -0.1) is 0 Å². The third kappa shape index (κ3) is 3.72. The molecule has 5 nitrogen and oxygen atoms in total. The summed E-state index contributed by atoms with van der Waals surface area (Å²) in [7, 11) is 0.0120. The number of anilines is 1. The van der Waals surface area contributed by atoms with Gasteiger partial charge in [-0.25, -0.2) is 17.1 Å². The third-order valence-electron chi connectivity index (χ3n) is 4.03. The number of likely N-dealkylation sites (tertiary alicyclic amines) is 1. The lowest BCUT2D eigenvalue weighted by molar-refractivity contribution is 0.202. The molecule has 0 radical (unpaired) electrons. The highest BCUT2D eigenvalue weighted by molar-refractivity contribution is 7.89. The van der Waals surface area contributed by atoms with Crippen LogP contribution in [0.3, 0.4) is 0 Å². The van der Waals surface area contributed by atoms with Gasteiger partial charge in [-0.1, -0.05) is 0 Å². The van der Waals surface area contributed by atoms with Crippen molar-refractivity contribution in [1.29, 1.82) is 0 Å². The maximum absolute atomic E-state index is 13.2. The fourth-order valence-electron chi connectivity index (χ4n) is 2.57. The fourth-order valence-corrected chi connectivity index (χ4v) is 3.85. The van der Waals surface area contributed by atoms with Crippen LogP contribution in [0.15, 0.2) is 23.1 Å². The van der Waals surface area contributed by atoms with E-state index in [0.717, 1.165) is 32.0 Å². The van der Waals surface area contributed by atoms with Crippen molar-refractivity contribution in [2.75, 3.05) is 39.5 Å². The second-order valence-electron chi connectivity index (χ2n) is 5.72. The molecule has 0 aliphatic carbocycles. The molecule has 0 unspecified atom stereocenters. The standard InChI is InChI=1S/C14H22FN3O2S/c1-17-7-5-11(6-8-17)10-18(2)21(19,20)12-3-4-13(15)14(16)9-12/h3-4,9,11H,5-8,10,16H2,1-2H3. The first-order chi connectivity index (χ1) is 9.80. The molecule has 1 saturated heterocycles. The molecular formula is C14H22FN3O2S. The number of hydrogen-bond acceptors (Lipinski definition) is 4. The summed E-state index contributed by atoms with van der Waals surface area (Å²) in [5, 5.41) is 0. The van der Waals surface area contributed by atoms with Gasteiger partial charge in [0.05, 0.1) is 10.6 Å². The number of nitrogen functional groups attached to an aromatic ring is 1. The molecule has 0 amide bonds. The highest BCUT2D eigenvalue weighted by atomic mass is 32.2. The summed E-state index contributed by atoms with van der Waals surface area (Å²) >= 11 is 0. The zero-order chi connectivity index (χ0) is 15.6.